The highest BCUT2D eigenvalue weighted by molar-refractivity contribution is 7.88. The van der Waals surface area contributed by atoms with E-state index in [2.05, 4.69) is 10.5 Å². The minimum atomic E-state index is -3.46. The minimum Gasteiger partial charge on any atom is -0.467 e. The van der Waals surface area contributed by atoms with Gasteiger partial charge in [-0.15, -0.1) is 0 Å². The van der Waals surface area contributed by atoms with Gasteiger partial charge in [0.15, 0.2) is 5.60 Å². The van der Waals surface area contributed by atoms with Crippen LogP contribution in [0.15, 0.2) is 58.3 Å². The molecule has 9 heteroatoms. The lowest BCUT2D eigenvalue weighted by atomic mass is 9.96. The maximum atomic E-state index is 12.7. The lowest BCUT2D eigenvalue weighted by molar-refractivity contribution is -0.115. The number of hydrogen-bond acceptors (Lipinski definition) is 6. The molecule has 1 aromatic heterocycles. The van der Waals surface area contributed by atoms with Crippen molar-refractivity contribution in [2.24, 2.45) is 5.16 Å². The maximum Gasteiger partial charge on any atom is 0.269 e. The zero-order valence-corrected chi connectivity index (χ0v) is 16.0. The predicted molar refractivity (Wildman–Crippen MR) is 102 cm³/mol. The van der Waals surface area contributed by atoms with Crippen molar-refractivity contribution in [2.45, 2.75) is 30.7 Å². The Hall–Kier alpha value is -2.65. The first-order valence-corrected chi connectivity index (χ1v) is 10.6. The second-order valence-electron chi connectivity index (χ2n) is 7.08. The zero-order valence-electron chi connectivity index (χ0n) is 15.2. The molecule has 0 aliphatic carbocycles. The van der Waals surface area contributed by atoms with Crippen molar-refractivity contribution in [1.82, 2.24) is 9.62 Å². The van der Waals surface area contributed by atoms with Crippen LogP contribution in [0.25, 0.3) is 0 Å². The van der Waals surface area contributed by atoms with E-state index in [-0.39, 0.29) is 36.9 Å². The Morgan fingerprint density at radius 1 is 1.21 bits per heavy atom. The molecule has 3 heterocycles. The van der Waals surface area contributed by atoms with Crippen LogP contribution in [0.2, 0.25) is 0 Å². The summed E-state index contributed by atoms with van der Waals surface area (Å²) in [5, 5.41) is 6.66. The standard InChI is InChI=1S/C19H21N3O5S/c23-18(20-12-16-7-4-10-26-16)17-11-19(27-21-17)8-9-22(14-19)28(24,25)13-15-5-2-1-3-6-15/h1-7,10H,8-9,11-14H2,(H,20,23). The highest BCUT2D eigenvalue weighted by atomic mass is 32.2. The topological polar surface area (TPSA) is 101 Å². The Bertz CT molecular complexity index is 972. The van der Waals surface area contributed by atoms with E-state index in [1.54, 1.807) is 24.3 Å². The van der Waals surface area contributed by atoms with Gasteiger partial charge in [-0.1, -0.05) is 35.5 Å². The Morgan fingerprint density at radius 2 is 2.04 bits per heavy atom. The van der Waals surface area contributed by atoms with Crippen molar-refractivity contribution in [1.29, 1.82) is 0 Å². The van der Waals surface area contributed by atoms with Gasteiger partial charge in [0.25, 0.3) is 5.91 Å². The number of carbonyl (C=O) groups is 1. The van der Waals surface area contributed by atoms with E-state index in [0.29, 0.717) is 18.7 Å². The van der Waals surface area contributed by atoms with Crippen molar-refractivity contribution in [2.75, 3.05) is 13.1 Å². The molecule has 2 aliphatic heterocycles. The molecule has 0 radical (unpaired) electrons. The van der Waals surface area contributed by atoms with Gasteiger partial charge >= 0.3 is 0 Å². The van der Waals surface area contributed by atoms with Gasteiger partial charge in [-0.2, -0.15) is 4.31 Å². The monoisotopic (exact) mass is 403 g/mol. The average molecular weight is 403 g/mol. The normalized spacial score (nSPS) is 22.2. The van der Waals surface area contributed by atoms with Crippen molar-refractivity contribution in [3.05, 3.63) is 60.1 Å². The zero-order chi connectivity index (χ0) is 19.6. The van der Waals surface area contributed by atoms with Crippen molar-refractivity contribution < 1.29 is 22.5 Å². The van der Waals surface area contributed by atoms with Crippen LogP contribution in [0, 0.1) is 0 Å². The molecular formula is C19H21N3O5S. The summed E-state index contributed by atoms with van der Waals surface area (Å²) in [6.45, 7) is 0.808. The van der Waals surface area contributed by atoms with Crippen molar-refractivity contribution in [3.8, 4) is 0 Å². The fourth-order valence-corrected chi connectivity index (χ4v) is 5.06. The molecule has 2 aliphatic rings. The van der Waals surface area contributed by atoms with Gasteiger partial charge in [-0.3, -0.25) is 4.79 Å². The Morgan fingerprint density at radius 3 is 2.79 bits per heavy atom. The van der Waals surface area contributed by atoms with Crippen LogP contribution < -0.4 is 5.32 Å². The van der Waals surface area contributed by atoms with Crippen LogP contribution in [-0.2, 0) is 32.0 Å². The molecule has 2 aromatic rings. The van der Waals surface area contributed by atoms with Gasteiger partial charge in [0.2, 0.25) is 10.0 Å². The molecule has 28 heavy (non-hydrogen) atoms. The number of amides is 1. The molecule has 1 saturated heterocycles. The third-order valence-electron chi connectivity index (χ3n) is 4.97. The number of rotatable bonds is 6. The highest BCUT2D eigenvalue weighted by Gasteiger charge is 2.49. The summed E-state index contributed by atoms with van der Waals surface area (Å²) in [6, 6.07) is 12.6. The fraction of sp³-hybridized carbons (Fsp3) is 0.368. The van der Waals surface area contributed by atoms with Gasteiger partial charge in [0.05, 0.1) is 25.1 Å². The van der Waals surface area contributed by atoms with Crippen LogP contribution in [0.1, 0.15) is 24.2 Å². The predicted octanol–water partition coefficient (Wildman–Crippen LogP) is 1.65. The van der Waals surface area contributed by atoms with Gasteiger partial charge in [-0.25, -0.2) is 8.42 Å². The Labute approximate surface area is 163 Å². The maximum absolute atomic E-state index is 12.7. The van der Waals surface area contributed by atoms with E-state index in [4.69, 9.17) is 9.25 Å². The van der Waals surface area contributed by atoms with Crippen LogP contribution in [0.5, 0.6) is 0 Å². The largest absolute Gasteiger partial charge is 0.467 e. The molecule has 1 aromatic carbocycles. The second-order valence-corrected chi connectivity index (χ2v) is 9.05. The third-order valence-corrected chi connectivity index (χ3v) is 6.77. The third kappa shape index (κ3) is 3.95. The molecule has 1 fully saturated rings. The molecule has 4 rings (SSSR count). The quantitative estimate of drug-likeness (QED) is 0.790. The Kier molecular flexibility index (Phi) is 4.94. The average Bonchev–Trinajstić information content (AvgIpc) is 3.43. The van der Waals surface area contributed by atoms with E-state index in [1.165, 1.54) is 10.6 Å². The van der Waals surface area contributed by atoms with E-state index < -0.39 is 15.6 Å². The molecule has 0 saturated carbocycles. The summed E-state index contributed by atoms with van der Waals surface area (Å²) < 4.78 is 32.1. The first-order chi connectivity index (χ1) is 13.5. The summed E-state index contributed by atoms with van der Waals surface area (Å²) >= 11 is 0. The van der Waals surface area contributed by atoms with E-state index in [0.717, 1.165) is 5.56 Å². The highest BCUT2D eigenvalue weighted by Crippen LogP contribution is 2.35. The summed E-state index contributed by atoms with van der Waals surface area (Å²) in [6.07, 6.45) is 2.32. The Balaban J connectivity index is 1.34. The smallest absolute Gasteiger partial charge is 0.269 e. The van der Waals surface area contributed by atoms with E-state index in [9.17, 15) is 13.2 Å². The lowest BCUT2D eigenvalue weighted by Gasteiger charge is -2.21. The minimum absolute atomic E-state index is 0.0543. The van der Waals surface area contributed by atoms with Crippen LogP contribution in [-0.4, -0.2) is 43.0 Å². The van der Waals surface area contributed by atoms with E-state index >= 15 is 0 Å². The molecule has 8 nitrogen and oxygen atoms in total. The molecule has 0 bridgehead atoms. The van der Waals surface area contributed by atoms with Crippen LogP contribution in [0.3, 0.4) is 0 Å². The van der Waals surface area contributed by atoms with Gasteiger partial charge in [0.1, 0.15) is 11.5 Å². The van der Waals surface area contributed by atoms with Gasteiger partial charge < -0.3 is 14.6 Å². The van der Waals surface area contributed by atoms with E-state index in [1.807, 2.05) is 18.2 Å². The first-order valence-electron chi connectivity index (χ1n) is 9.03. The lowest BCUT2D eigenvalue weighted by Crippen LogP contribution is -2.38. The molecule has 1 unspecified atom stereocenters. The van der Waals surface area contributed by atoms with Crippen LogP contribution in [0.4, 0.5) is 0 Å². The van der Waals surface area contributed by atoms with Gasteiger partial charge in [0, 0.05) is 19.4 Å². The number of oxime groups is 1. The fourth-order valence-electron chi connectivity index (χ4n) is 3.47. The number of carbonyl (C=O) groups excluding carboxylic acids is 1. The molecular weight excluding hydrogens is 382 g/mol. The molecule has 1 amide bonds. The number of furan rings is 1. The summed E-state index contributed by atoms with van der Waals surface area (Å²) in [5.41, 5.74) is 0.250. The molecule has 1 atom stereocenters. The molecule has 148 valence electrons. The molecule has 1 spiro atoms. The first kappa shape index (κ1) is 18.7. The number of benzene rings is 1. The summed E-state index contributed by atoms with van der Waals surface area (Å²) in [4.78, 5) is 17.9. The van der Waals surface area contributed by atoms with Crippen molar-refractivity contribution >= 4 is 21.6 Å². The number of hydrogen-bond donors (Lipinski definition) is 1. The number of nitrogens with zero attached hydrogens (tertiary/aromatic N) is 2. The van der Waals surface area contributed by atoms with Crippen LogP contribution >= 0.6 is 0 Å². The molecule has 1 N–H and O–H groups in total. The van der Waals surface area contributed by atoms with Crippen molar-refractivity contribution in [3.63, 3.8) is 0 Å². The second kappa shape index (κ2) is 7.40. The van der Waals surface area contributed by atoms with Gasteiger partial charge in [-0.05, 0) is 17.7 Å². The summed E-state index contributed by atoms with van der Waals surface area (Å²) in [7, 11) is -3.46. The number of nitrogens with one attached hydrogen (secondary N) is 1. The SMILES string of the molecule is O=C(NCc1ccco1)C1=NOC2(CCN(S(=O)(=O)Cc3ccccc3)C2)C1. The number of sulfonamides is 1. The summed E-state index contributed by atoms with van der Waals surface area (Å²) in [5.74, 6) is 0.252.